The van der Waals surface area contributed by atoms with Crippen LogP contribution >= 0.6 is 11.8 Å². The number of nitrogens with zero attached hydrogens (tertiary/aromatic N) is 2. The number of hydrogen-bond donors (Lipinski definition) is 4. The van der Waals surface area contributed by atoms with E-state index in [1.807, 2.05) is 36.4 Å². The average Bonchev–Trinajstić information content (AvgIpc) is 3.35. The molecular weight excluding hydrogens is 528 g/mol. The largest absolute Gasteiger partial charge is 0.439 e. The van der Waals surface area contributed by atoms with E-state index in [-0.39, 0.29) is 47.3 Å². The third-order valence-corrected chi connectivity index (χ3v) is 9.26. The molecule has 3 unspecified atom stereocenters. The molecule has 208 valence electrons. The van der Waals surface area contributed by atoms with Crippen LogP contribution < -0.4 is 30.9 Å². The maximum atomic E-state index is 13.6. The lowest BCUT2D eigenvalue weighted by Crippen LogP contribution is -2.62. The normalized spacial score (nSPS) is 27.4. The van der Waals surface area contributed by atoms with Gasteiger partial charge in [-0.25, -0.2) is 9.78 Å². The molecule has 4 aliphatic rings. The third kappa shape index (κ3) is 5.18. The van der Waals surface area contributed by atoms with Crippen molar-refractivity contribution in [2.45, 2.75) is 55.6 Å². The van der Waals surface area contributed by atoms with Crippen molar-refractivity contribution in [3.8, 4) is 11.6 Å². The van der Waals surface area contributed by atoms with Gasteiger partial charge in [0.05, 0.1) is 28.2 Å². The van der Waals surface area contributed by atoms with Crippen LogP contribution in [0.1, 0.15) is 32.1 Å². The molecular formula is C29H32N6O4S. The van der Waals surface area contributed by atoms with Crippen molar-refractivity contribution in [3.05, 3.63) is 71.9 Å². The fraction of sp³-hybridized carbons (Fsp3) is 0.379. The molecule has 11 heteroatoms. The fourth-order valence-corrected chi connectivity index (χ4v) is 7.46. The van der Waals surface area contributed by atoms with E-state index in [1.165, 1.54) is 17.8 Å². The Morgan fingerprint density at radius 1 is 1.07 bits per heavy atom. The van der Waals surface area contributed by atoms with Crippen molar-refractivity contribution in [3.63, 3.8) is 0 Å². The van der Waals surface area contributed by atoms with E-state index in [2.05, 4.69) is 32.8 Å². The summed E-state index contributed by atoms with van der Waals surface area (Å²) >= 11 is 1.47. The van der Waals surface area contributed by atoms with Crippen LogP contribution in [0.5, 0.6) is 11.6 Å². The van der Waals surface area contributed by atoms with Crippen molar-refractivity contribution in [2.75, 3.05) is 11.4 Å². The topological polar surface area (TPSA) is 125 Å². The molecule has 3 aliphatic heterocycles. The Morgan fingerprint density at radius 3 is 2.58 bits per heavy atom. The van der Waals surface area contributed by atoms with Crippen LogP contribution in [0.3, 0.4) is 0 Å². The summed E-state index contributed by atoms with van der Waals surface area (Å²) in [6, 6.07) is 12.3. The van der Waals surface area contributed by atoms with E-state index in [0.29, 0.717) is 27.9 Å². The zero-order valence-electron chi connectivity index (χ0n) is 22.0. The summed E-state index contributed by atoms with van der Waals surface area (Å²) in [7, 11) is 0. The maximum absolute atomic E-state index is 13.6. The Bertz CT molecular complexity index is 1330. The second-order valence-electron chi connectivity index (χ2n) is 10.4. The van der Waals surface area contributed by atoms with Crippen molar-refractivity contribution in [2.24, 2.45) is 5.92 Å². The molecule has 1 aromatic heterocycles. The molecule has 6 rings (SSSR count). The van der Waals surface area contributed by atoms with Gasteiger partial charge in [-0.1, -0.05) is 49.4 Å². The van der Waals surface area contributed by atoms with Gasteiger partial charge in [0.2, 0.25) is 11.8 Å². The molecule has 0 radical (unpaired) electrons. The summed E-state index contributed by atoms with van der Waals surface area (Å²) in [6.45, 7) is 4.26. The second kappa shape index (κ2) is 11.3. The van der Waals surface area contributed by atoms with Crippen LogP contribution in [0, 0.1) is 5.92 Å². The number of nitrogens with one attached hydrogen (secondary N) is 4. The highest BCUT2D eigenvalue weighted by Crippen LogP contribution is 2.48. The minimum absolute atomic E-state index is 0.0335. The van der Waals surface area contributed by atoms with E-state index in [4.69, 9.17) is 4.74 Å². The number of benzene rings is 1. The summed E-state index contributed by atoms with van der Waals surface area (Å²) in [5, 5.41) is 12.6. The van der Waals surface area contributed by atoms with Crippen LogP contribution in [0.2, 0.25) is 0 Å². The zero-order chi connectivity index (χ0) is 27.6. The third-order valence-electron chi connectivity index (χ3n) is 7.91. The highest BCUT2D eigenvalue weighted by molar-refractivity contribution is 8.04. The average molecular weight is 561 g/mol. The number of aromatic nitrogens is 1. The molecule has 1 saturated carbocycles. The summed E-state index contributed by atoms with van der Waals surface area (Å²) in [6.07, 6.45) is 7.21. The molecule has 0 spiro atoms. The standard InChI is InChI=1S/C29H32N6O4S/c1-2-22(36)32-19-10-6-7-11-20(19)33-27(37)26-25-24-21(14-15-30-28(24)40-26)35(29(38)34-25)17-12-13-23(31-16-17)39-18-8-4-3-5-9-18/h2-5,8-9,12-13,16,19-21,24,28,30H,1,6-7,10-11,14-15H2,(H,32,36)(H,33,37)(H,34,38)/t19-,20+,21?,24?,28?/m0/s1. The van der Waals surface area contributed by atoms with E-state index in [0.717, 1.165) is 38.6 Å². The molecule has 1 aliphatic carbocycles. The summed E-state index contributed by atoms with van der Waals surface area (Å²) in [4.78, 5) is 45.7. The Balaban J connectivity index is 1.20. The van der Waals surface area contributed by atoms with Crippen LogP contribution in [0.4, 0.5) is 10.5 Å². The number of amides is 4. The number of rotatable bonds is 7. The van der Waals surface area contributed by atoms with Gasteiger partial charge in [-0.2, -0.15) is 0 Å². The molecule has 4 heterocycles. The highest BCUT2D eigenvalue weighted by atomic mass is 32.2. The molecule has 10 nitrogen and oxygen atoms in total. The minimum Gasteiger partial charge on any atom is -0.439 e. The first-order valence-electron chi connectivity index (χ1n) is 13.7. The molecule has 0 bridgehead atoms. The second-order valence-corrected chi connectivity index (χ2v) is 11.5. The van der Waals surface area contributed by atoms with Gasteiger partial charge < -0.3 is 26.0 Å². The van der Waals surface area contributed by atoms with Crippen molar-refractivity contribution < 1.29 is 19.1 Å². The molecule has 2 aromatic rings. The first-order chi connectivity index (χ1) is 19.5. The molecule has 40 heavy (non-hydrogen) atoms. The monoisotopic (exact) mass is 560 g/mol. The SMILES string of the molecule is C=CC(=O)N[C@H]1CCCC[C@H]1NC(=O)C1=C2NC(=O)N(c3ccc(Oc4ccccc4)nc3)C3CCNC(S1)C23. The van der Waals surface area contributed by atoms with E-state index >= 15 is 0 Å². The van der Waals surface area contributed by atoms with Crippen LogP contribution in [-0.2, 0) is 9.59 Å². The quantitative estimate of drug-likeness (QED) is 0.383. The number of ether oxygens (including phenoxy) is 1. The van der Waals surface area contributed by atoms with E-state index in [1.54, 1.807) is 17.2 Å². The van der Waals surface area contributed by atoms with Gasteiger partial charge in [0.15, 0.2) is 0 Å². The van der Waals surface area contributed by atoms with Gasteiger partial charge in [0, 0.05) is 29.8 Å². The number of carbonyl (C=O) groups is 3. The number of urea groups is 1. The molecule has 2 saturated heterocycles. The zero-order valence-corrected chi connectivity index (χ0v) is 22.8. The lowest BCUT2D eigenvalue weighted by Gasteiger charge is -2.45. The number of hydrogen-bond acceptors (Lipinski definition) is 7. The van der Waals surface area contributed by atoms with Gasteiger partial charge in [0.25, 0.3) is 5.91 Å². The van der Waals surface area contributed by atoms with Gasteiger partial charge in [0.1, 0.15) is 5.75 Å². The van der Waals surface area contributed by atoms with Crippen LogP contribution in [0.25, 0.3) is 0 Å². The molecule has 3 fully saturated rings. The van der Waals surface area contributed by atoms with Crippen molar-refractivity contribution >= 4 is 35.3 Å². The van der Waals surface area contributed by atoms with Gasteiger partial charge in [-0.05, 0) is 50.1 Å². The van der Waals surface area contributed by atoms with E-state index < -0.39 is 0 Å². The van der Waals surface area contributed by atoms with Gasteiger partial charge in [-0.15, -0.1) is 0 Å². The summed E-state index contributed by atoms with van der Waals surface area (Å²) in [5.41, 5.74) is 1.35. The highest BCUT2D eigenvalue weighted by Gasteiger charge is 2.52. The number of piperidine rings is 1. The number of carbonyl (C=O) groups excluding carboxylic acids is 3. The smallest absolute Gasteiger partial charge is 0.326 e. The maximum Gasteiger partial charge on any atom is 0.326 e. The Labute approximate surface area is 237 Å². The predicted octanol–water partition coefficient (Wildman–Crippen LogP) is 3.40. The summed E-state index contributed by atoms with van der Waals surface area (Å²) in [5.74, 6) is 0.607. The number of thioether (sulfide) groups is 1. The van der Waals surface area contributed by atoms with Crippen LogP contribution in [-0.4, -0.2) is 52.9 Å². The fourth-order valence-electron chi connectivity index (χ4n) is 6.06. The summed E-state index contributed by atoms with van der Waals surface area (Å²) < 4.78 is 5.81. The van der Waals surface area contributed by atoms with Crippen molar-refractivity contribution in [1.29, 1.82) is 0 Å². The van der Waals surface area contributed by atoms with Gasteiger partial charge >= 0.3 is 6.03 Å². The first-order valence-corrected chi connectivity index (χ1v) is 14.6. The van der Waals surface area contributed by atoms with E-state index in [9.17, 15) is 14.4 Å². The first kappa shape index (κ1) is 26.4. The minimum atomic E-state index is -0.281. The Hall–Kier alpha value is -3.83. The Kier molecular flexibility index (Phi) is 7.48. The van der Waals surface area contributed by atoms with Crippen LogP contribution in [0.15, 0.2) is 71.9 Å². The Morgan fingerprint density at radius 2 is 1.85 bits per heavy atom. The lowest BCUT2D eigenvalue weighted by atomic mass is 9.86. The number of para-hydroxylation sites is 1. The predicted molar refractivity (Wildman–Crippen MR) is 153 cm³/mol. The van der Waals surface area contributed by atoms with Crippen molar-refractivity contribution in [1.82, 2.24) is 26.3 Å². The molecule has 4 N–H and O–H groups in total. The molecule has 5 atom stereocenters. The number of pyridine rings is 1. The number of anilines is 1. The molecule has 4 amide bonds. The van der Waals surface area contributed by atoms with Gasteiger partial charge in [-0.3, -0.25) is 14.5 Å². The molecule has 1 aromatic carbocycles. The lowest BCUT2D eigenvalue weighted by molar-refractivity contribution is -0.120.